The van der Waals surface area contributed by atoms with Crippen LogP contribution >= 0.6 is 0 Å². The van der Waals surface area contributed by atoms with Crippen molar-refractivity contribution in [2.24, 2.45) is 5.73 Å². The quantitative estimate of drug-likeness (QED) is 0.687. The van der Waals surface area contributed by atoms with Gasteiger partial charge in [-0.25, -0.2) is 0 Å². The van der Waals surface area contributed by atoms with Gasteiger partial charge in [0.05, 0.1) is 6.04 Å². The Bertz CT molecular complexity index is 686. The number of nitrogens with two attached hydrogens (primary N) is 1. The molecular weight excluding hydrogens is 296 g/mol. The fourth-order valence-corrected chi connectivity index (χ4v) is 1.99. The van der Waals surface area contributed by atoms with E-state index in [-0.39, 0.29) is 5.56 Å². The van der Waals surface area contributed by atoms with E-state index >= 15 is 0 Å². The van der Waals surface area contributed by atoms with Crippen molar-refractivity contribution in [3.05, 3.63) is 70.6 Å². The minimum absolute atomic E-state index is 0.279. The molecule has 4 N–H and O–H groups in total. The van der Waals surface area contributed by atoms with E-state index in [2.05, 4.69) is 16.0 Å². The van der Waals surface area contributed by atoms with Gasteiger partial charge in [-0.1, -0.05) is 30.3 Å². The molecule has 0 unspecified atom stereocenters. The number of hydrogen-bond donors (Lipinski definition) is 3. The van der Waals surface area contributed by atoms with Crippen molar-refractivity contribution >= 4 is 17.5 Å². The summed E-state index contributed by atoms with van der Waals surface area (Å²) in [5, 5.41) is 4.78. The lowest BCUT2D eigenvalue weighted by molar-refractivity contribution is -0.121. The zero-order chi connectivity index (χ0) is 16.7. The number of carbonyl (C=O) groups excluding carboxylic acids is 2. The SMILES string of the molecule is N[C@@H](Cc1ccccc1)C(=O)NC(=O)c1ccc(N[N+]=O)cc1. The summed E-state index contributed by atoms with van der Waals surface area (Å²) in [6.45, 7) is 0. The molecule has 7 nitrogen and oxygen atoms in total. The van der Waals surface area contributed by atoms with E-state index in [4.69, 9.17) is 5.73 Å². The number of carbonyl (C=O) groups is 2. The van der Waals surface area contributed by atoms with Gasteiger partial charge in [-0.2, -0.15) is 0 Å². The Morgan fingerprint density at radius 1 is 1.04 bits per heavy atom. The lowest BCUT2D eigenvalue weighted by atomic mass is 10.1. The van der Waals surface area contributed by atoms with Crippen LogP contribution in [-0.4, -0.2) is 17.9 Å². The van der Waals surface area contributed by atoms with Crippen molar-refractivity contribution in [1.29, 1.82) is 0 Å². The molecule has 0 bridgehead atoms. The van der Waals surface area contributed by atoms with Gasteiger partial charge in [0.1, 0.15) is 10.6 Å². The highest BCUT2D eigenvalue weighted by atomic mass is 16.3. The standard InChI is InChI=1S/C16H16N4O3/c17-14(10-11-4-2-1-3-5-11)16(22)18-15(21)12-6-8-13(9-7-12)19-20-23/h1-9,14H,10,17H2,(H,19,23)(H,18,21,22)/q+1/t14-/m0/s1. The van der Waals surface area contributed by atoms with Crippen LogP contribution in [0.5, 0.6) is 0 Å². The van der Waals surface area contributed by atoms with E-state index in [9.17, 15) is 14.5 Å². The van der Waals surface area contributed by atoms with E-state index in [1.165, 1.54) is 24.3 Å². The van der Waals surface area contributed by atoms with Crippen molar-refractivity contribution in [1.82, 2.24) is 10.6 Å². The predicted octanol–water partition coefficient (Wildman–Crippen LogP) is 0.942. The number of nitroso groups, excluding NO2 is 1. The number of imide groups is 1. The van der Waals surface area contributed by atoms with Gasteiger partial charge >= 0.3 is 5.29 Å². The fourth-order valence-electron chi connectivity index (χ4n) is 1.99. The summed E-state index contributed by atoms with van der Waals surface area (Å²) in [7, 11) is 0. The molecule has 0 aliphatic carbocycles. The first-order valence-electron chi connectivity index (χ1n) is 6.93. The van der Waals surface area contributed by atoms with Gasteiger partial charge in [0.15, 0.2) is 0 Å². The van der Waals surface area contributed by atoms with Crippen LogP contribution in [-0.2, 0) is 11.2 Å². The second-order valence-electron chi connectivity index (χ2n) is 4.90. The van der Waals surface area contributed by atoms with Crippen LogP contribution in [0, 0.1) is 4.91 Å². The Balaban J connectivity index is 1.93. The third-order valence-electron chi connectivity index (χ3n) is 3.19. The number of benzene rings is 2. The second kappa shape index (κ2) is 7.81. The normalized spacial score (nSPS) is 11.3. The maximum Gasteiger partial charge on any atom is 0.483 e. The molecule has 2 amide bonds. The molecule has 0 spiro atoms. The Morgan fingerprint density at radius 2 is 1.70 bits per heavy atom. The number of anilines is 1. The van der Waals surface area contributed by atoms with Gasteiger partial charge in [-0.15, -0.1) is 0 Å². The largest absolute Gasteiger partial charge is 0.483 e. The Hall–Kier alpha value is -3.06. The number of amides is 2. The van der Waals surface area contributed by atoms with Crippen molar-refractivity contribution in [2.45, 2.75) is 12.5 Å². The van der Waals surface area contributed by atoms with E-state index in [1.807, 2.05) is 30.3 Å². The molecule has 0 saturated heterocycles. The lowest BCUT2D eigenvalue weighted by Gasteiger charge is -2.11. The molecule has 0 aliphatic rings. The smallest absolute Gasteiger partial charge is 0.320 e. The van der Waals surface area contributed by atoms with Crippen LogP contribution in [0.25, 0.3) is 0 Å². The topological polar surface area (TPSA) is 115 Å². The molecule has 1 atom stereocenters. The minimum atomic E-state index is -0.818. The summed E-state index contributed by atoms with van der Waals surface area (Å²) in [6, 6.07) is 14.4. The highest BCUT2D eigenvalue weighted by molar-refractivity contribution is 6.06. The first-order chi connectivity index (χ1) is 11.1. The molecule has 2 aromatic carbocycles. The average Bonchev–Trinajstić information content (AvgIpc) is 2.56. The van der Waals surface area contributed by atoms with Gasteiger partial charge in [0.2, 0.25) is 5.91 Å². The third-order valence-corrected chi connectivity index (χ3v) is 3.19. The Kier molecular flexibility index (Phi) is 5.54. The molecule has 0 saturated carbocycles. The maximum absolute atomic E-state index is 12.0. The van der Waals surface area contributed by atoms with Gasteiger partial charge in [-0.3, -0.25) is 14.9 Å². The van der Waals surface area contributed by atoms with Crippen LogP contribution in [0.3, 0.4) is 0 Å². The fraction of sp³-hybridized carbons (Fsp3) is 0.125. The van der Waals surface area contributed by atoms with Crippen LogP contribution < -0.4 is 21.8 Å². The first-order valence-corrected chi connectivity index (χ1v) is 6.93. The molecular formula is C16H16N4O3+. The van der Waals surface area contributed by atoms with Crippen molar-refractivity contribution in [2.75, 3.05) is 5.43 Å². The van der Waals surface area contributed by atoms with Gasteiger partial charge in [-0.05, 0) is 41.7 Å². The molecule has 0 aliphatic heterocycles. The van der Waals surface area contributed by atoms with E-state index in [1.54, 1.807) is 0 Å². The number of nitrogens with one attached hydrogen (secondary N) is 2. The highest BCUT2D eigenvalue weighted by Crippen LogP contribution is 2.08. The third kappa shape index (κ3) is 4.72. The minimum Gasteiger partial charge on any atom is -0.320 e. The summed E-state index contributed by atoms with van der Waals surface area (Å²) in [4.78, 5) is 34.0. The monoisotopic (exact) mass is 312 g/mol. The molecule has 2 aromatic rings. The molecule has 7 heteroatoms. The molecule has 0 aromatic heterocycles. The zero-order valence-corrected chi connectivity index (χ0v) is 12.2. The van der Waals surface area contributed by atoms with Crippen LogP contribution in [0.2, 0.25) is 0 Å². The molecule has 2 rings (SSSR count). The van der Waals surface area contributed by atoms with Crippen molar-refractivity contribution in [3.63, 3.8) is 0 Å². The van der Waals surface area contributed by atoms with Gasteiger partial charge in [0, 0.05) is 5.56 Å². The van der Waals surface area contributed by atoms with E-state index < -0.39 is 17.9 Å². The summed E-state index contributed by atoms with van der Waals surface area (Å²) < 4.78 is 0. The van der Waals surface area contributed by atoms with Gasteiger partial charge < -0.3 is 5.73 Å². The molecule has 0 heterocycles. The van der Waals surface area contributed by atoms with Crippen LogP contribution in [0.15, 0.2) is 54.6 Å². The number of hydrogen-bond acceptors (Lipinski definition) is 5. The summed E-state index contributed by atoms with van der Waals surface area (Å²) in [5.41, 5.74) is 9.67. The predicted molar refractivity (Wildman–Crippen MR) is 86.2 cm³/mol. The van der Waals surface area contributed by atoms with Crippen LogP contribution in [0.4, 0.5) is 5.69 Å². The molecule has 117 valence electrons. The van der Waals surface area contributed by atoms with Gasteiger partial charge in [0.25, 0.3) is 5.91 Å². The van der Waals surface area contributed by atoms with Crippen LogP contribution in [0.1, 0.15) is 15.9 Å². The Morgan fingerprint density at radius 3 is 2.30 bits per heavy atom. The summed E-state index contributed by atoms with van der Waals surface area (Å²) in [6.07, 6.45) is 0.341. The average molecular weight is 312 g/mol. The second-order valence-corrected chi connectivity index (χ2v) is 4.90. The number of rotatable bonds is 6. The maximum atomic E-state index is 12.0. The Labute approximate surface area is 132 Å². The highest BCUT2D eigenvalue weighted by Gasteiger charge is 2.17. The number of nitrogens with zero attached hydrogens (tertiary/aromatic N) is 1. The lowest BCUT2D eigenvalue weighted by Crippen LogP contribution is -2.44. The zero-order valence-electron chi connectivity index (χ0n) is 12.2. The van der Waals surface area contributed by atoms with E-state index in [0.29, 0.717) is 12.1 Å². The molecule has 0 fully saturated rings. The van der Waals surface area contributed by atoms with Crippen molar-refractivity contribution < 1.29 is 9.59 Å². The first kappa shape index (κ1) is 16.3. The summed E-state index contributed by atoms with van der Waals surface area (Å²) in [5.74, 6) is -1.10. The van der Waals surface area contributed by atoms with E-state index in [0.717, 1.165) is 5.56 Å². The summed E-state index contributed by atoms with van der Waals surface area (Å²) >= 11 is 0. The molecule has 1 radical (unpaired) electrons. The van der Waals surface area contributed by atoms with Crippen molar-refractivity contribution in [3.8, 4) is 0 Å². The molecule has 23 heavy (non-hydrogen) atoms.